The fraction of sp³-hybridized carbons (Fsp3) is 0.174. The summed E-state index contributed by atoms with van der Waals surface area (Å²) in [6.07, 6.45) is 1.81. The van der Waals surface area contributed by atoms with Gasteiger partial charge in [-0.1, -0.05) is 57.2 Å². The minimum Gasteiger partial charge on any atom is -0.438 e. The predicted octanol–water partition coefficient (Wildman–Crippen LogP) is 6.48. The summed E-state index contributed by atoms with van der Waals surface area (Å²) in [5, 5.41) is 4.58. The lowest BCUT2D eigenvalue weighted by Gasteiger charge is -2.19. The summed E-state index contributed by atoms with van der Waals surface area (Å²) in [5.41, 5.74) is 1.33. The molecule has 0 atom stereocenters. The zero-order chi connectivity index (χ0) is 17.4. The fourth-order valence-electron chi connectivity index (χ4n) is 3.05. The fourth-order valence-corrected chi connectivity index (χ4v) is 3.05. The molecule has 1 heterocycles. The van der Waals surface area contributed by atoms with Crippen molar-refractivity contribution < 1.29 is 4.74 Å². The highest BCUT2D eigenvalue weighted by Gasteiger charge is 2.14. The number of rotatable bonds is 2. The van der Waals surface area contributed by atoms with E-state index in [2.05, 4.69) is 74.3 Å². The summed E-state index contributed by atoms with van der Waals surface area (Å²) < 4.78 is 6.17. The highest BCUT2D eigenvalue weighted by Crippen LogP contribution is 2.32. The molecule has 0 spiro atoms. The highest BCUT2D eigenvalue weighted by molar-refractivity contribution is 6.00. The van der Waals surface area contributed by atoms with Crippen LogP contribution in [0.4, 0.5) is 0 Å². The molecule has 0 saturated carbocycles. The second-order valence-corrected chi connectivity index (χ2v) is 7.42. The second-order valence-electron chi connectivity index (χ2n) is 7.42. The maximum atomic E-state index is 6.17. The zero-order valence-electron chi connectivity index (χ0n) is 14.8. The van der Waals surface area contributed by atoms with Gasteiger partial charge >= 0.3 is 0 Å². The third kappa shape index (κ3) is 3.08. The maximum absolute atomic E-state index is 6.17. The van der Waals surface area contributed by atoms with Crippen molar-refractivity contribution in [1.29, 1.82) is 0 Å². The molecular formula is C23H21NO. The molecule has 3 aromatic carbocycles. The third-order valence-electron chi connectivity index (χ3n) is 4.51. The number of aromatic nitrogens is 1. The van der Waals surface area contributed by atoms with Crippen molar-refractivity contribution in [3.8, 4) is 11.6 Å². The van der Waals surface area contributed by atoms with E-state index in [1.54, 1.807) is 6.20 Å². The van der Waals surface area contributed by atoms with Crippen LogP contribution < -0.4 is 4.74 Å². The minimum atomic E-state index is 0.0851. The van der Waals surface area contributed by atoms with Crippen LogP contribution in [0.25, 0.3) is 21.5 Å². The summed E-state index contributed by atoms with van der Waals surface area (Å²) in [4.78, 5) is 4.48. The van der Waals surface area contributed by atoms with Gasteiger partial charge in [0.05, 0.1) is 0 Å². The molecule has 0 unspecified atom stereocenters. The van der Waals surface area contributed by atoms with Gasteiger partial charge in [-0.3, -0.25) is 0 Å². The van der Waals surface area contributed by atoms with E-state index in [-0.39, 0.29) is 5.41 Å². The Labute approximate surface area is 148 Å². The second kappa shape index (κ2) is 5.89. The standard InChI is InChI=1S/C23H21NO/c1-23(2,3)19-9-6-10-20(15-19)25-22-21-14-17-8-5-4-7-16(17)13-18(21)11-12-24-22/h4-15H,1-3H3. The summed E-state index contributed by atoms with van der Waals surface area (Å²) in [5.74, 6) is 1.47. The summed E-state index contributed by atoms with van der Waals surface area (Å²) in [6, 6.07) is 23.0. The van der Waals surface area contributed by atoms with Gasteiger partial charge in [-0.2, -0.15) is 0 Å². The van der Waals surface area contributed by atoms with Gasteiger partial charge in [-0.25, -0.2) is 4.98 Å². The zero-order valence-corrected chi connectivity index (χ0v) is 14.8. The monoisotopic (exact) mass is 327 g/mol. The quantitative estimate of drug-likeness (QED) is 0.393. The van der Waals surface area contributed by atoms with E-state index >= 15 is 0 Å². The molecule has 0 fully saturated rings. The van der Waals surface area contributed by atoms with Crippen LogP contribution in [0.2, 0.25) is 0 Å². The topological polar surface area (TPSA) is 22.1 Å². The SMILES string of the molecule is CC(C)(C)c1cccc(Oc2nccc3cc4ccccc4cc23)c1. The van der Waals surface area contributed by atoms with Gasteiger partial charge in [0, 0.05) is 11.6 Å². The van der Waals surface area contributed by atoms with Gasteiger partial charge in [0.2, 0.25) is 5.88 Å². The molecular weight excluding hydrogens is 306 g/mol. The van der Waals surface area contributed by atoms with Crippen molar-refractivity contribution in [1.82, 2.24) is 4.98 Å². The maximum Gasteiger partial charge on any atom is 0.227 e. The molecule has 2 nitrogen and oxygen atoms in total. The Morgan fingerprint density at radius 1 is 0.760 bits per heavy atom. The Bertz CT molecular complexity index is 1060. The van der Waals surface area contributed by atoms with Crippen LogP contribution in [0.3, 0.4) is 0 Å². The van der Waals surface area contributed by atoms with Crippen molar-refractivity contribution >= 4 is 21.5 Å². The van der Waals surface area contributed by atoms with Crippen molar-refractivity contribution in [2.45, 2.75) is 26.2 Å². The molecule has 0 aliphatic carbocycles. The average molecular weight is 327 g/mol. The van der Waals surface area contributed by atoms with Gasteiger partial charge in [0.25, 0.3) is 0 Å². The van der Waals surface area contributed by atoms with Crippen molar-refractivity contribution in [2.75, 3.05) is 0 Å². The van der Waals surface area contributed by atoms with Gasteiger partial charge in [0.1, 0.15) is 5.75 Å². The number of benzene rings is 3. The number of fused-ring (bicyclic) bond motifs is 2. The van der Waals surface area contributed by atoms with Gasteiger partial charge in [-0.05, 0) is 57.5 Å². The van der Waals surface area contributed by atoms with Crippen LogP contribution in [0.15, 0.2) is 72.9 Å². The first-order chi connectivity index (χ1) is 12.0. The van der Waals surface area contributed by atoms with Crippen molar-refractivity contribution in [3.63, 3.8) is 0 Å². The van der Waals surface area contributed by atoms with E-state index in [9.17, 15) is 0 Å². The number of hydrogen-bond donors (Lipinski definition) is 0. The van der Waals surface area contributed by atoms with E-state index in [4.69, 9.17) is 4.74 Å². The molecule has 2 heteroatoms. The Balaban J connectivity index is 1.80. The van der Waals surface area contributed by atoms with E-state index in [1.807, 2.05) is 18.2 Å². The van der Waals surface area contributed by atoms with E-state index < -0.39 is 0 Å². The lowest BCUT2D eigenvalue weighted by atomic mass is 9.87. The predicted molar refractivity (Wildman–Crippen MR) is 104 cm³/mol. The Kier molecular flexibility index (Phi) is 3.69. The number of ether oxygens (including phenoxy) is 1. The first kappa shape index (κ1) is 15.6. The normalized spacial score (nSPS) is 11.8. The highest BCUT2D eigenvalue weighted by atomic mass is 16.5. The molecule has 25 heavy (non-hydrogen) atoms. The van der Waals surface area contributed by atoms with Crippen LogP contribution >= 0.6 is 0 Å². The van der Waals surface area contributed by atoms with Crippen LogP contribution in [-0.2, 0) is 5.41 Å². The number of nitrogens with zero attached hydrogens (tertiary/aromatic N) is 1. The summed E-state index contributed by atoms with van der Waals surface area (Å²) >= 11 is 0. The lowest BCUT2D eigenvalue weighted by molar-refractivity contribution is 0.466. The third-order valence-corrected chi connectivity index (χ3v) is 4.51. The smallest absolute Gasteiger partial charge is 0.227 e. The van der Waals surface area contributed by atoms with E-state index in [0.717, 1.165) is 16.5 Å². The van der Waals surface area contributed by atoms with Gasteiger partial charge in [-0.15, -0.1) is 0 Å². The molecule has 4 rings (SSSR count). The van der Waals surface area contributed by atoms with E-state index in [0.29, 0.717) is 5.88 Å². The van der Waals surface area contributed by atoms with Gasteiger partial charge < -0.3 is 4.74 Å². The Morgan fingerprint density at radius 3 is 2.28 bits per heavy atom. The van der Waals surface area contributed by atoms with Crippen LogP contribution in [-0.4, -0.2) is 4.98 Å². The Hall–Kier alpha value is -2.87. The molecule has 1 aromatic heterocycles. The van der Waals surface area contributed by atoms with Crippen LogP contribution in [0.1, 0.15) is 26.3 Å². The lowest BCUT2D eigenvalue weighted by Crippen LogP contribution is -2.10. The molecule has 0 amide bonds. The molecule has 0 radical (unpaired) electrons. The molecule has 0 N–H and O–H groups in total. The first-order valence-corrected chi connectivity index (χ1v) is 8.57. The first-order valence-electron chi connectivity index (χ1n) is 8.57. The number of hydrogen-bond acceptors (Lipinski definition) is 2. The summed E-state index contributed by atoms with van der Waals surface area (Å²) in [7, 11) is 0. The molecule has 0 saturated heterocycles. The van der Waals surface area contributed by atoms with E-state index in [1.165, 1.54) is 16.3 Å². The molecule has 0 bridgehead atoms. The van der Waals surface area contributed by atoms with Crippen LogP contribution in [0.5, 0.6) is 11.6 Å². The van der Waals surface area contributed by atoms with Gasteiger partial charge in [0.15, 0.2) is 0 Å². The largest absolute Gasteiger partial charge is 0.438 e. The summed E-state index contributed by atoms with van der Waals surface area (Å²) in [6.45, 7) is 6.61. The van der Waals surface area contributed by atoms with Crippen molar-refractivity contribution in [2.24, 2.45) is 0 Å². The molecule has 0 aliphatic heterocycles. The Morgan fingerprint density at radius 2 is 1.52 bits per heavy atom. The molecule has 0 aliphatic rings. The molecule has 124 valence electrons. The number of pyridine rings is 1. The van der Waals surface area contributed by atoms with Crippen LogP contribution in [0, 0.1) is 0 Å². The molecule has 4 aromatic rings. The van der Waals surface area contributed by atoms with Crippen molar-refractivity contribution in [3.05, 3.63) is 78.5 Å². The minimum absolute atomic E-state index is 0.0851. The average Bonchev–Trinajstić information content (AvgIpc) is 2.60.